The third-order valence-corrected chi connectivity index (χ3v) is 6.68. The van der Waals surface area contributed by atoms with Crippen LogP contribution < -0.4 is 16.4 Å². The van der Waals surface area contributed by atoms with Gasteiger partial charge in [0, 0.05) is 5.38 Å². The fraction of sp³-hybridized carbons (Fsp3) is 0.389. The van der Waals surface area contributed by atoms with Gasteiger partial charge >= 0.3 is 18.2 Å². The molecule has 0 aromatic carbocycles. The Balaban J connectivity index is 1.66. The van der Waals surface area contributed by atoms with Crippen LogP contribution in [0.4, 0.5) is 14.7 Å². The van der Waals surface area contributed by atoms with Gasteiger partial charge in [0.1, 0.15) is 36.9 Å². The number of nitrogens with one attached hydrogen (secondary N) is 2. The molecule has 0 spiro atoms. The Hall–Kier alpha value is -4.10. The van der Waals surface area contributed by atoms with Crippen LogP contribution in [-0.2, 0) is 33.4 Å². The largest absolute Gasteiger partial charge is 0.512 e. The van der Waals surface area contributed by atoms with Crippen LogP contribution in [0.3, 0.4) is 0 Å². The zero-order valence-electron chi connectivity index (χ0n) is 19.0. The number of nitrogens with two attached hydrogens (primary N) is 1. The molecule has 1 fully saturated rings. The Kier molecular flexibility index (Phi) is 8.73. The summed E-state index contributed by atoms with van der Waals surface area (Å²) in [6.45, 7) is -0.579. The molecule has 3 atom stereocenters. The molecular formula is C18H20N6O11S2. The lowest BCUT2D eigenvalue weighted by atomic mass is 10.1. The van der Waals surface area contributed by atoms with Crippen molar-refractivity contribution in [2.45, 2.75) is 17.5 Å². The van der Waals surface area contributed by atoms with Gasteiger partial charge in [-0.1, -0.05) is 5.16 Å². The number of nitrogens with zero attached hydrogens (tertiary/aromatic N) is 3. The van der Waals surface area contributed by atoms with Crippen molar-refractivity contribution in [3.8, 4) is 0 Å². The van der Waals surface area contributed by atoms with Gasteiger partial charge in [-0.2, -0.15) is 0 Å². The van der Waals surface area contributed by atoms with Crippen molar-refractivity contribution >= 4 is 64.0 Å². The highest BCUT2D eigenvalue weighted by Gasteiger charge is 2.55. The Morgan fingerprint density at radius 2 is 2.05 bits per heavy atom. The second-order valence-corrected chi connectivity index (χ2v) is 8.95. The van der Waals surface area contributed by atoms with Crippen LogP contribution in [0.25, 0.3) is 0 Å². The van der Waals surface area contributed by atoms with E-state index in [9.17, 15) is 24.0 Å². The van der Waals surface area contributed by atoms with Crippen molar-refractivity contribution < 1.29 is 53.2 Å². The average molecular weight is 561 g/mol. The smallest absolute Gasteiger partial charge is 0.495 e. The number of carboxylic acid groups (broad SMARTS) is 2. The molecule has 200 valence electrons. The number of anilines is 1. The lowest BCUT2D eigenvalue weighted by Crippen LogP contribution is -2.70. The number of β-lactam (4-membered cyclic amide) rings is 1. The maximum Gasteiger partial charge on any atom is 0.512 e. The number of amides is 3. The summed E-state index contributed by atoms with van der Waals surface area (Å²) in [7, 11) is 2.49. The van der Waals surface area contributed by atoms with Crippen LogP contribution in [0.2, 0.25) is 0 Å². The number of hydrogen-bond donors (Lipinski definition) is 5. The van der Waals surface area contributed by atoms with Gasteiger partial charge in [0.05, 0.1) is 12.9 Å². The maximum atomic E-state index is 12.9. The average Bonchev–Trinajstić information content (AvgIpc) is 3.30. The Bertz CT molecular complexity index is 1170. The fourth-order valence-electron chi connectivity index (χ4n) is 2.98. The summed E-state index contributed by atoms with van der Waals surface area (Å²) in [5, 5.41) is 26.8. The number of hydrogen-bond acceptors (Lipinski definition) is 14. The van der Waals surface area contributed by atoms with Crippen molar-refractivity contribution in [2.75, 3.05) is 31.9 Å². The number of aliphatic carboxylic acids is 1. The molecule has 2 aliphatic rings. The van der Waals surface area contributed by atoms with Crippen LogP contribution in [0.15, 0.2) is 22.2 Å². The van der Waals surface area contributed by atoms with Crippen LogP contribution in [-0.4, -0.2) is 99.9 Å². The highest BCUT2D eigenvalue weighted by atomic mass is 32.2. The number of ether oxygens (including phenoxy) is 3. The number of fused-ring (bicyclic) bond motifs is 1. The van der Waals surface area contributed by atoms with E-state index < -0.39 is 54.1 Å². The summed E-state index contributed by atoms with van der Waals surface area (Å²) < 4.78 is 14.5. The van der Waals surface area contributed by atoms with Crippen molar-refractivity contribution in [3.05, 3.63) is 22.7 Å². The van der Waals surface area contributed by atoms with E-state index in [1.807, 2.05) is 0 Å². The second-order valence-electron chi connectivity index (χ2n) is 6.99. The lowest BCUT2D eigenvalue weighted by Gasteiger charge is -2.48. The molecule has 19 heteroatoms. The zero-order valence-corrected chi connectivity index (χ0v) is 20.7. The summed E-state index contributed by atoms with van der Waals surface area (Å²) >= 11 is 2.11. The molecule has 2 aliphatic heterocycles. The number of rotatable bonds is 10. The monoisotopic (exact) mass is 560 g/mol. The highest BCUT2D eigenvalue weighted by molar-refractivity contribution is 8.00. The highest BCUT2D eigenvalue weighted by Crippen LogP contribution is 2.40. The molecule has 1 aromatic rings. The molecule has 1 saturated heterocycles. The van der Waals surface area contributed by atoms with Crippen LogP contribution in [0.5, 0.6) is 0 Å². The standard InChI is InChI=1S/C18H20N6O11S2/c1-32-8-5-36-14-10(12(26)24(14)13(8)35-18(30)31)21-11(25)9(23-33-2)7-4-37-16(20-7)22-17(29)34-3-6(19)15(27)28/h4,6,10,14H,3,5,19H2,1-2H3,(H,21,25)(H,27,28)(H,30,31)(H,20,22,29)/t6-,10-,14+/m1/s1. The Labute approximate surface area is 215 Å². The molecule has 0 radical (unpaired) electrons. The SMILES string of the molecule is CON=C(C(=O)N[C@@H]1C(=O)N2C(OC(=O)O)=C(OC)CS[C@@H]12)c1csc(NC(=O)OC[C@@H](N)C(=O)O)n1. The van der Waals surface area contributed by atoms with Gasteiger partial charge in [-0.05, 0) is 0 Å². The number of carbonyl (C=O) groups is 5. The van der Waals surface area contributed by atoms with Gasteiger partial charge in [-0.15, -0.1) is 23.1 Å². The van der Waals surface area contributed by atoms with E-state index >= 15 is 0 Å². The lowest BCUT2D eigenvalue weighted by molar-refractivity contribution is -0.148. The first-order valence-corrected chi connectivity index (χ1v) is 11.9. The van der Waals surface area contributed by atoms with E-state index in [0.717, 1.165) is 16.2 Å². The fourth-order valence-corrected chi connectivity index (χ4v) is 4.95. The summed E-state index contributed by atoms with van der Waals surface area (Å²) in [5.41, 5.74) is 4.92. The molecule has 3 amide bonds. The third kappa shape index (κ3) is 6.19. The first-order chi connectivity index (χ1) is 17.6. The molecule has 0 unspecified atom stereocenters. The van der Waals surface area contributed by atoms with Crippen LogP contribution >= 0.6 is 23.1 Å². The van der Waals surface area contributed by atoms with Crippen molar-refractivity contribution in [1.82, 2.24) is 15.2 Å². The number of methoxy groups -OCH3 is 1. The molecule has 6 N–H and O–H groups in total. The number of aromatic nitrogens is 1. The van der Waals surface area contributed by atoms with E-state index in [-0.39, 0.29) is 33.9 Å². The van der Waals surface area contributed by atoms with Gasteiger partial charge in [0.2, 0.25) is 5.88 Å². The minimum absolute atomic E-state index is 0.0121. The van der Waals surface area contributed by atoms with E-state index in [1.165, 1.54) is 31.4 Å². The second kappa shape index (κ2) is 11.8. The minimum Gasteiger partial charge on any atom is -0.495 e. The number of thioether (sulfide) groups is 1. The van der Waals surface area contributed by atoms with E-state index in [4.69, 9.17) is 35.0 Å². The summed E-state index contributed by atoms with van der Waals surface area (Å²) in [5.74, 6) is -2.77. The van der Waals surface area contributed by atoms with Crippen LogP contribution in [0, 0.1) is 0 Å². The van der Waals surface area contributed by atoms with E-state index in [2.05, 4.69) is 20.8 Å². The molecule has 0 saturated carbocycles. The molecule has 1 aromatic heterocycles. The quantitative estimate of drug-likeness (QED) is 0.104. The van der Waals surface area contributed by atoms with Gasteiger partial charge in [-0.3, -0.25) is 24.6 Å². The molecule has 37 heavy (non-hydrogen) atoms. The third-order valence-electron chi connectivity index (χ3n) is 4.67. The molecule has 0 aliphatic carbocycles. The normalized spacial score (nSPS) is 19.7. The van der Waals surface area contributed by atoms with Crippen molar-refractivity contribution in [3.63, 3.8) is 0 Å². The summed E-state index contributed by atoms with van der Waals surface area (Å²) in [6.07, 6.45) is -2.66. The van der Waals surface area contributed by atoms with E-state index in [1.54, 1.807) is 0 Å². The number of oxime groups is 1. The molecule has 0 bridgehead atoms. The Morgan fingerprint density at radius 3 is 2.68 bits per heavy atom. The van der Waals surface area contributed by atoms with Gasteiger partial charge in [-0.25, -0.2) is 14.6 Å². The number of thiazole rings is 1. The minimum atomic E-state index is -1.63. The molecule has 3 rings (SSSR count). The molecule has 3 heterocycles. The van der Waals surface area contributed by atoms with E-state index in [0.29, 0.717) is 0 Å². The molecule has 17 nitrogen and oxygen atoms in total. The zero-order chi connectivity index (χ0) is 27.3. The van der Waals surface area contributed by atoms with Crippen molar-refractivity contribution in [2.24, 2.45) is 10.9 Å². The summed E-state index contributed by atoms with van der Waals surface area (Å²) in [4.78, 5) is 69.0. The van der Waals surface area contributed by atoms with Gasteiger partial charge < -0.3 is 40.3 Å². The number of carbonyl (C=O) groups excluding carboxylic acids is 3. The predicted molar refractivity (Wildman–Crippen MR) is 124 cm³/mol. The summed E-state index contributed by atoms with van der Waals surface area (Å²) in [6, 6.07) is -2.45. The van der Waals surface area contributed by atoms with Gasteiger partial charge in [0.15, 0.2) is 16.6 Å². The maximum absolute atomic E-state index is 12.9. The predicted octanol–water partition coefficient (Wildman–Crippen LogP) is -0.636. The first kappa shape index (κ1) is 27.5. The van der Waals surface area contributed by atoms with Crippen LogP contribution in [0.1, 0.15) is 5.69 Å². The van der Waals surface area contributed by atoms with Gasteiger partial charge in [0.25, 0.3) is 11.8 Å². The first-order valence-electron chi connectivity index (χ1n) is 10.00. The van der Waals surface area contributed by atoms with Crippen molar-refractivity contribution in [1.29, 1.82) is 0 Å². The molecular weight excluding hydrogens is 540 g/mol. The number of carboxylic acids is 1. The Morgan fingerprint density at radius 1 is 1.32 bits per heavy atom. The topological polar surface area (TPSA) is 241 Å².